The predicted molar refractivity (Wildman–Crippen MR) is 48.1 cm³/mol. The monoisotopic (exact) mass is 196 g/mol. The molecule has 1 aliphatic carbocycles. The fourth-order valence-electron chi connectivity index (χ4n) is 1.14. The van der Waals surface area contributed by atoms with E-state index in [-0.39, 0.29) is 6.54 Å². The molecule has 1 aromatic rings. The van der Waals surface area contributed by atoms with Gasteiger partial charge in [-0.05, 0) is 18.8 Å². The Hall–Kier alpha value is -1.52. The lowest BCUT2D eigenvalue weighted by atomic mass is 10.5. The fraction of sp³-hybridized carbons (Fsp3) is 0.556. The number of aromatic nitrogens is 2. The lowest BCUT2D eigenvalue weighted by molar-refractivity contribution is -0.137. The number of aliphatic carboxylic acids is 1. The molecule has 0 bridgehead atoms. The summed E-state index contributed by atoms with van der Waals surface area (Å²) in [6.07, 6.45) is 5.63. The minimum atomic E-state index is -0.901. The largest absolute Gasteiger partial charge is 0.490 e. The molecule has 0 unspecified atom stereocenters. The van der Waals surface area contributed by atoms with Crippen molar-refractivity contribution in [3.8, 4) is 5.75 Å². The van der Waals surface area contributed by atoms with E-state index in [9.17, 15) is 4.79 Å². The van der Waals surface area contributed by atoms with Crippen molar-refractivity contribution in [2.75, 3.05) is 6.61 Å². The lowest BCUT2D eigenvalue weighted by Gasteiger charge is -1.99. The van der Waals surface area contributed by atoms with Crippen LogP contribution in [0, 0.1) is 5.92 Å². The Morgan fingerprint density at radius 2 is 2.50 bits per heavy atom. The van der Waals surface area contributed by atoms with Gasteiger partial charge in [-0.15, -0.1) is 0 Å². The number of carboxylic acid groups (broad SMARTS) is 1. The Balaban J connectivity index is 1.84. The summed E-state index contributed by atoms with van der Waals surface area (Å²) in [4.78, 5) is 10.4. The van der Waals surface area contributed by atoms with Crippen LogP contribution < -0.4 is 4.74 Å². The smallest absolute Gasteiger partial charge is 0.325 e. The molecule has 1 saturated carbocycles. The summed E-state index contributed by atoms with van der Waals surface area (Å²) in [5.74, 6) is 0.442. The molecule has 2 rings (SSSR count). The van der Waals surface area contributed by atoms with Gasteiger partial charge >= 0.3 is 5.97 Å². The highest BCUT2D eigenvalue weighted by molar-refractivity contribution is 5.66. The first-order chi connectivity index (χ1) is 6.74. The van der Waals surface area contributed by atoms with E-state index in [0.717, 1.165) is 6.61 Å². The molecule has 1 heterocycles. The third kappa shape index (κ3) is 2.48. The van der Waals surface area contributed by atoms with E-state index >= 15 is 0 Å². The molecule has 0 radical (unpaired) electrons. The second-order valence-corrected chi connectivity index (χ2v) is 3.52. The Bertz CT molecular complexity index is 331. The van der Waals surface area contributed by atoms with Gasteiger partial charge in [0.2, 0.25) is 0 Å². The first-order valence-corrected chi connectivity index (χ1v) is 4.61. The first kappa shape index (κ1) is 9.05. The normalized spacial score (nSPS) is 15.4. The fourth-order valence-corrected chi connectivity index (χ4v) is 1.14. The van der Waals surface area contributed by atoms with Crippen LogP contribution in [0.5, 0.6) is 5.75 Å². The van der Waals surface area contributed by atoms with Crippen molar-refractivity contribution in [1.29, 1.82) is 0 Å². The number of carboxylic acids is 1. The molecule has 0 atom stereocenters. The topological polar surface area (TPSA) is 64.3 Å². The van der Waals surface area contributed by atoms with Crippen molar-refractivity contribution >= 4 is 5.97 Å². The molecule has 1 N–H and O–H groups in total. The number of hydrogen-bond acceptors (Lipinski definition) is 3. The molecule has 0 aliphatic heterocycles. The number of rotatable bonds is 5. The van der Waals surface area contributed by atoms with Crippen molar-refractivity contribution in [2.24, 2.45) is 5.92 Å². The molecule has 0 amide bonds. The van der Waals surface area contributed by atoms with Gasteiger partial charge in [0, 0.05) is 0 Å². The average molecular weight is 196 g/mol. The highest BCUT2D eigenvalue weighted by atomic mass is 16.5. The molecule has 1 aromatic heterocycles. The zero-order valence-electron chi connectivity index (χ0n) is 7.72. The third-order valence-electron chi connectivity index (χ3n) is 2.09. The van der Waals surface area contributed by atoms with Gasteiger partial charge in [-0.3, -0.25) is 9.48 Å². The molecular weight excluding hydrogens is 184 g/mol. The van der Waals surface area contributed by atoms with Crippen molar-refractivity contribution in [3.63, 3.8) is 0 Å². The first-order valence-electron chi connectivity index (χ1n) is 4.61. The van der Waals surface area contributed by atoms with Crippen LogP contribution in [0.3, 0.4) is 0 Å². The average Bonchev–Trinajstić information content (AvgIpc) is 2.84. The summed E-state index contributed by atoms with van der Waals surface area (Å²) in [5.41, 5.74) is 0. The molecule has 5 heteroatoms. The van der Waals surface area contributed by atoms with E-state index in [1.54, 1.807) is 12.4 Å². The van der Waals surface area contributed by atoms with Crippen molar-refractivity contribution in [2.45, 2.75) is 19.4 Å². The molecular formula is C9H12N2O3. The van der Waals surface area contributed by atoms with Crippen LogP contribution in [0.15, 0.2) is 12.4 Å². The summed E-state index contributed by atoms with van der Waals surface area (Å²) >= 11 is 0. The van der Waals surface area contributed by atoms with Gasteiger partial charge in [-0.2, -0.15) is 5.10 Å². The molecule has 1 aliphatic rings. The number of carbonyl (C=O) groups is 1. The van der Waals surface area contributed by atoms with Crippen LogP contribution in [0.1, 0.15) is 12.8 Å². The van der Waals surface area contributed by atoms with Crippen molar-refractivity contribution in [3.05, 3.63) is 12.4 Å². The second-order valence-electron chi connectivity index (χ2n) is 3.52. The van der Waals surface area contributed by atoms with Crippen LogP contribution >= 0.6 is 0 Å². The third-order valence-corrected chi connectivity index (χ3v) is 2.09. The summed E-state index contributed by atoms with van der Waals surface area (Å²) in [6, 6.07) is 0. The van der Waals surface area contributed by atoms with Crippen LogP contribution in [0.25, 0.3) is 0 Å². The molecule has 0 spiro atoms. The summed E-state index contributed by atoms with van der Waals surface area (Å²) in [5, 5.41) is 12.4. The highest BCUT2D eigenvalue weighted by Crippen LogP contribution is 2.29. The van der Waals surface area contributed by atoms with Gasteiger partial charge in [-0.25, -0.2) is 0 Å². The van der Waals surface area contributed by atoms with Crippen LogP contribution in [-0.2, 0) is 11.3 Å². The van der Waals surface area contributed by atoms with E-state index < -0.39 is 5.97 Å². The van der Waals surface area contributed by atoms with E-state index in [1.807, 2.05) is 0 Å². The molecule has 0 saturated heterocycles. The summed E-state index contributed by atoms with van der Waals surface area (Å²) < 4.78 is 6.77. The van der Waals surface area contributed by atoms with E-state index in [1.165, 1.54) is 17.5 Å². The van der Waals surface area contributed by atoms with Crippen LogP contribution in [-0.4, -0.2) is 27.5 Å². The zero-order valence-corrected chi connectivity index (χ0v) is 7.72. The van der Waals surface area contributed by atoms with Gasteiger partial charge in [0.05, 0.1) is 19.0 Å². The summed E-state index contributed by atoms with van der Waals surface area (Å²) in [7, 11) is 0. The molecule has 76 valence electrons. The Labute approximate surface area is 81.3 Å². The van der Waals surface area contributed by atoms with Crippen molar-refractivity contribution in [1.82, 2.24) is 9.78 Å². The Kier molecular flexibility index (Phi) is 2.39. The van der Waals surface area contributed by atoms with Gasteiger partial charge in [-0.1, -0.05) is 0 Å². The number of hydrogen-bond donors (Lipinski definition) is 1. The Morgan fingerprint density at radius 1 is 1.71 bits per heavy atom. The molecule has 0 aromatic carbocycles. The van der Waals surface area contributed by atoms with E-state index in [0.29, 0.717) is 11.7 Å². The summed E-state index contributed by atoms with van der Waals surface area (Å²) in [6.45, 7) is 0.603. The van der Waals surface area contributed by atoms with Crippen molar-refractivity contribution < 1.29 is 14.6 Å². The molecule has 1 fully saturated rings. The quantitative estimate of drug-likeness (QED) is 0.755. The zero-order chi connectivity index (χ0) is 9.97. The number of ether oxygens (including phenoxy) is 1. The second kappa shape index (κ2) is 3.69. The van der Waals surface area contributed by atoms with Gasteiger partial charge in [0.1, 0.15) is 6.54 Å². The lowest BCUT2D eigenvalue weighted by Crippen LogP contribution is -2.08. The maximum absolute atomic E-state index is 10.4. The highest BCUT2D eigenvalue weighted by Gasteiger charge is 2.22. The maximum Gasteiger partial charge on any atom is 0.325 e. The minimum Gasteiger partial charge on any atom is -0.490 e. The van der Waals surface area contributed by atoms with E-state index in [4.69, 9.17) is 9.84 Å². The standard InChI is InChI=1S/C9H12N2O3/c12-9(13)5-11-4-8(3-10-11)14-6-7-1-2-7/h3-4,7H,1-2,5-6H2,(H,12,13). The SMILES string of the molecule is O=C(O)Cn1cc(OCC2CC2)cn1. The molecule has 5 nitrogen and oxygen atoms in total. The predicted octanol–water partition coefficient (Wildman–Crippen LogP) is 0.757. The molecule has 14 heavy (non-hydrogen) atoms. The van der Waals surface area contributed by atoms with E-state index in [2.05, 4.69) is 5.10 Å². The van der Waals surface area contributed by atoms with Gasteiger partial charge in [0.15, 0.2) is 5.75 Å². The minimum absolute atomic E-state index is 0.118. The van der Waals surface area contributed by atoms with Gasteiger partial charge < -0.3 is 9.84 Å². The van der Waals surface area contributed by atoms with Crippen LogP contribution in [0.4, 0.5) is 0 Å². The van der Waals surface area contributed by atoms with Crippen LogP contribution in [0.2, 0.25) is 0 Å². The number of nitrogens with zero attached hydrogens (tertiary/aromatic N) is 2. The Morgan fingerprint density at radius 3 is 3.14 bits per heavy atom. The maximum atomic E-state index is 10.4. The van der Waals surface area contributed by atoms with Gasteiger partial charge in [0.25, 0.3) is 0 Å².